The van der Waals surface area contributed by atoms with Gasteiger partial charge in [-0.3, -0.25) is 10.1 Å². The summed E-state index contributed by atoms with van der Waals surface area (Å²) < 4.78 is 11.2. The molecule has 0 aliphatic rings. The maximum atomic E-state index is 10.7. The zero-order chi connectivity index (χ0) is 21.6. The number of nitro groups is 1. The van der Waals surface area contributed by atoms with Crippen LogP contribution in [0.3, 0.4) is 0 Å². The van der Waals surface area contributed by atoms with Crippen molar-refractivity contribution < 1.29 is 14.4 Å². The van der Waals surface area contributed by atoms with Crippen molar-refractivity contribution >= 4 is 28.9 Å². The molecule has 4 aromatic rings. The molecule has 0 saturated heterocycles. The van der Waals surface area contributed by atoms with Gasteiger partial charge in [-0.1, -0.05) is 12.1 Å². The van der Waals surface area contributed by atoms with Crippen LogP contribution in [0.2, 0.25) is 0 Å². The Balaban J connectivity index is 1.39. The van der Waals surface area contributed by atoms with Gasteiger partial charge in [0.05, 0.1) is 29.3 Å². The zero-order valence-electron chi connectivity index (χ0n) is 16.6. The smallest absolute Gasteiger partial charge is 0.269 e. The molecular formula is C22H19N5O4. The molecule has 0 fully saturated rings. The van der Waals surface area contributed by atoms with Gasteiger partial charge in [0.15, 0.2) is 11.5 Å². The van der Waals surface area contributed by atoms with E-state index < -0.39 is 4.92 Å². The van der Waals surface area contributed by atoms with Crippen molar-refractivity contribution in [3.8, 4) is 11.5 Å². The number of ether oxygens (including phenoxy) is 2. The lowest BCUT2D eigenvalue weighted by atomic mass is 10.2. The molecule has 0 radical (unpaired) electrons. The number of imidazole rings is 1. The number of para-hydroxylation sites is 2. The lowest BCUT2D eigenvalue weighted by Crippen LogP contribution is -1.99. The van der Waals surface area contributed by atoms with Crippen LogP contribution >= 0.6 is 0 Å². The molecule has 0 aliphatic heterocycles. The van der Waals surface area contributed by atoms with Crippen LogP contribution in [0.5, 0.6) is 11.5 Å². The van der Waals surface area contributed by atoms with E-state index in [1.54, 1.807) is 37.6 Å². The number of nitrogens with one attached hydrogen (secondary N) is 2. The van der Waals surface area contributed by atoms with Crippen molar-refractivity contribution in [1.82, 2.24) is 9.97 Å². The molecule has 0 spiro atoms. The van der Waals surface area contributed by atoms with Crippen molar-refractivity contribution in [1.29, 1.82) is 0 Å². The number of benzene rings is 3. The number of non-ortho nitro benzene ring substituents is 1. The summed E-state index contributed by atoms with van der Waals surface area (Å²) in [6, 6.07) is 19.4. The molecule has 0 amide bonds. The Labute approximate surface area is 177 Å². The van der Waals surface area contributed by atoms with Gasteiger partial charge in [-0.2, -0.15) is 5.10 Å². The number of nitro benzene ring substituents is 1. The van der Waals surface area contributed by atoms with Crippen molar-refractivity contribution in [3.63, 3.8) is 0 Å². The number of H-pyrrole nitrogens is 1. The SMILES string of the molecule is COc1cc(/C=N\Nc2nc3ccccc3[nH]2)ccc1OCc1ccc([N+](=O)[O-])cc1. The summed E-state index contributed by atoms with van der Waals surface area (Å²) in [7, 11) is 1.56. The summed E-state index contributed by atoms with van der Waals surface area (Å²) in [6.07, 6.45) is 1.65. The number of hydrazone groups is 1. The molecule has 3 aromatic carbocycles. The minimum Gasteiger partial charge on any atom is -0.493 e. The van der Waals surface area contributed by atoms with E-state index in [0.717, 1.165) is 22.2 Å². The van der Waals surface area contributed by atoms with Crippen LogP contribution in [0.4, 0.5) is 11.6 Å². The average molecular weight is 417 g/mol. The molecule has 2 N–H and O–H groups in total. The second kappa shape index (κ2) is 8.95. The lowest BCUT2D eigenvalue weighted by molar-refractivity contribution is -0.384. The van der Waals surface area contributed by atoms with E-state index in [1.165, 1.54) is 12.1 Å². The number of methoxy groups -OCH3 is 1. The predicted molar refractivity (Wildman–Crippen MR) is 118 cm³/mol. The van der Waals surface area contributed by atoms with Gasteiger partial charge in [0, 0.05) is 12.1 Å². The third kappa shape index (κ3) is 4.78. The standard InChI is InChI=1S/C22H19N5O4/c1-30-21-12-16(13-23-26-22-24-18-4-2-3-5-19(18)25-22)8-11-20(21)31-14-15-6-9-17(10-7-15)27(28)29/h2-13H,14H2,1H3,(H2,24,25,26)/b23-13-. The van der Waals surface area contributed by atoms with Gasteiger partial charge in [-0.25, -0.2) is 10.4 Å². The van der Waals surface area contributed by atoms with Crippen molar-refractivity contribution in [2.24, 2.45) is 5.10 Å². The third-order valence-corrected chi connectivity index (χ3v) is 4.50. The first kappa shape index (κ1) is 19.9. The number of nitrogens with zero attached hydrogens (tertiary/aromatic N) is 3. The summed E-state index contributed by atoms with van der Waals surface area (Å²) in [5, 5.41) is 14.9. The van der Waals surface area contributed by atoms with Crippen LogP contribution in [0.25, 0.3) is 11.0 Å². The van der Waals surface area contributed by atoms with Crippen molar-refractivity contribution in [2.75, 3.05) is 12.5 Å². The highest BCUT2D eigenvalue weighted by Gasteiger charge is 2.08. The summed E-state index contributed by atoms with van der Waals surface area (Å²) in [5.41, 5.74) is 6.33. The van der Waals surface area contributed by atoms with Gasteiger partial charge in [-0.05, 0) is 53.6 Å². The minimum absolute atomic E-state index is 0.0428. The third-order valence-electron chi connectivity index (χ3n) is 4.50. The average Bonchev–Trinajstić information content (AvgIpc) is 3.21. The molecule has 1 heterocycles. The molecule has 9 heteroatoms. The zero-order valence-corrected chi connectivity index (χ0v) is 16.6. The van der Waals surface area contributed by atoms with Gasteiger partial charge in [-0.15, -0.1) is 0 Å². The Morgan fingerprint density at radius 3 is 2.68 bits per heavy atom. The van der Waals surface area contributed by atoms with Crippen LogP contribution in [-0.2, 0) is 6.61 Å². The van der Waals surface area contributed by atoms with Gasteiger partial charge >= 0.3 is 0 Å². The predicted octanol–water partition coefficient (Wildman–Crippen LogP) is 4.50. The highest BCUT2D eigenvalue weighted by atomic mass is 16.6. The van der Waals surface area contributed by atoms with E-state index in [1.807, 2.05) is 30.3 Å². The van der Waals surface area contributed by atoms with E-state index in [0.29, 0.717) is 17.4 Å². The molecule has 0 atom stereocenters. The van der Waals surface area contributed by atoms with Crippen LogP contribution < -0.4 is 14.9 Å². The van der Waals surface area contributed by atoms with Crippen LogP contribution in [-0.4, -0.2) is 28.2 Å². The second-order valence-electron chi connectivity index (χ2n) is 6.60. The van der Waals surface area contributed by atoms with E-state index >= 15 is 0 Å². The number of hydrogen-bond donors (Lipinski definition) is 2. The Kier molecular flexibility index (Phi) is 5.75. The van der Waals surface area contributed by atoms with Crippen molar-refractivity contribution in [2.45, 2.75) is 6.61 Å². The number of rotatable bonds is 8. The van der Waals surface area contributed by atoms with Crippen LogP contribution in [0, 0.1) is 10.1 Å². The molecule has 9 nitrogen and oxygen atoms in total. The van der Waals surface area contributed by atoms with Gasteiger partial charge in [0.25, 0.3) is 5.69 Å². The number of anilines is 1. The molecule has 0 saturated carbocycles. The molecular weight excluding hydrogens is 398 g/mol. The molecule has 0 aliphatic carbocycles. The highest BCUT2D eigenvalue weighted by Crippen LogP contribution is 2.28. The summed E-state index contributed by atoms with van der Waals surface area (Å²) >= 11 is 0. The van der Waals surface area contributed by atoms with E-state index in [4.69, 9.17) is 9.47 Å². The Bertz CT molecular complexity index is 1200. The topological polar surface area (TPSA) is 115 Å². The fourth-order valence-corrected chi connectivity index (χ4v) is 2.93. The summed E-state index contributed by atoms with van der Waals surface area (Å²) in [6.45, 7) is 0.259. The van der Waals surface area contributed by atoms with Crippen LogP contribution in [0.15, 0.2) is 71.8 Å². The fourth-order valence-electron chi connectivity index (χ4n) is 2.93. The number of hydrogen-bond acceptors (Lipinski definition) is 7. The Morgan fingerprint density at radius 1 is 1.13 bits per heavy atom. The normalized spacial score (nSPS) is 11.0. The number of aromatic amines is 1. The number of aromatic nitrogens is 2. The second-order valence-corrected chi connectivity index (χ2v) is 6.60. The van der Waals surface area contributed by atoms with E-state index in [9.17, 15) is 10.1 Å². The lowest BCUT2D eigenvalue weighted by Gasteiger charge is -2.11. The molecule has 1 aromatic heterocycles. The summed E-state index contributed by atoms with van der Waals surface area (Å²) in [5.74, 6) is 1.66. The fraction of sp³-hybridized carbons (Fsp3) is 0.0909. The summed E-state index contributed by atoms with van der Waals surface area (Å²) in [4.78, 5) is 17.8. The molecule has 31 heavy (non-hydrogen) atoms. The quantitative estimate of drug-likeness (QED) is 0.248. The first-order chi connectivity index (χ1) is 15.1. The molecule has 0 bridgehead atoms. The Morgan fingerprint density at radius 2 is 1.94 bits per heavy atom. The first-order valence-corrected chi connectivity index (χ1v) is 9.40. The van der Waals surface area contributed by atoms with Gasteiger partial charge in [0.1, 0.15) is 6.61 Å². The maximum absolute atomic E-state index is 10.7. The van der Waals surface area contributed by atoms with Crippen LogP contribution in [0.1, 0.15) is 11.1 Å². The molecule has 0 unspecified atom stereocenters. The molecule has 4 rings (SSSR count). The molecule has 156 valence electrons. The minimum atomic E-state index is -0.434. The van der Waals surface area contributed by atoms with Crippen molar-refractivity contribution in [3.05, 3.63) is 88.0 Å². The first-order valence-electron chi connectivity index (χ1n) is 9.40. The highest BCUT2D eigenvalue weighted by molar-refractivity contribution is 5.82. The maximum Gasteiger partial charge on any atom is 0.269 e. The largest absolute Gasteiger partial charge is 0.493 e. The van der Waals surface area contributed by atoms with E-state index in [2.05, 4.69) is 20.5 Å². The van der Waals surface area contributed by atoms with Gasteiger partial charge < -0.3 is 14.5 Å². The monoisotopic (exact) mass is 417 g/mol. The van der Waals surface area contributed by atoms with Gasteiger partial charge in [0.2, 0.25) is 5.95 Å². The number of fused-ring (bicyclic) bond motifs is 1. The Hall–Kier alpha value is -4.40. The van der Waals surface area contributed by atoms with E-state index in [-0.39, 0.29) is 12.3 Å².